The van der Waals surface area contributed by atoms with Gasteiger partial charge in [-0.3, -0.25) is 0 Å². The second-order valence-corrected chi connectivity index (χ2v) is 26.4. The van der Waals surface area contributed by atoms with E-state index >= 15 is 0 Å². The lowest BCUT2D eigenvalue weighted by Crippen LogP contribution is -1.94. The van der Waals surface area contributed by atoms with Crippen LogP contribution in [0.4, 0.5) is 0 Å². The summed E-state index contributed by atoms with van der Waals surface area (Å²) < 4.78 is 9.68. The third kappa shape index (κ3) is 9.45. The van der Waals surface area contributed by atoms with Crippen molar-refractivity contribution in [2.75, 3.05) is 0 Å². The first-order chi connectivity index (χ1) is 49.6. The highest BCUT2D eigenvalue weighted by Gasteiger charge is 2.21. The predicted molar refractivity (Wildman–Crippen MR) is 422 cm³/mol. The Bertz CT molecular complexity index is 6560. The maximum absolute atomic E-state index is 2.45. The Hall–Kier alpha value is -13.3. The van der Waals surface area contributed by atoms with Gasteiger partial charge in [0.1, 0.15) is 0 Å². The van der Waals surface area contributed by atoms with Gasteiger partial charge in [0.15, 0.2) is 0 Å². The van der Waals surface area contributed by atoms with Gasteiger partial charge in [-0.25, -0.2) is 0 Å². The largest absolute Gasteiger partial charge is 0.309 e. The molecule has 20 aromatic rings. The summed E-state index contributed by atoms with van der Waals surface area (Å²) in [5.74, 6) is 0. The number of benzene rings is 16. The van der Waals surface area contributed by atoms with Gasteiger partial charge in [-0.15, -0.1) is 0 Å². The van der Waals surface area contributed by atoms with E-state index in [-0.39, 0.29) is 0 Å². The van der Waals surface area contributed by atoms with Crippen molar-refractivity contribution in [2.24, 2.45) is 0 Å². The minimum atomic E-state index is 1.12. The van der Waals surface area contributed by atoms with Crippen LogP contribution in [0.5, 0.6) is 0 Å². The number of hydrogen-bond acceptors (Lipinski definition) is 0. The second-order valence-electron chi connectivity index (χ2n) is 26.4. The Morgan fingerprint density at radius 2 is 0.310 bits per heavy atom. The van der Waals surface area contributed by atoms with Gasteiger partial charge >= 0.3 is 0 Å². The third-order valence-corrected chi connectivity index (χ3v) is 20.8. The minimum absolute atomic E-state index is 1.12. The Labute approximate surface area is 578 Å². The van der Waals surface area contributed by atoms with Gasteiger partial charge in [0, 0.05) is 65.8 Å². The quantitative estimate of drug-likeness (QED) is 0.123. The lowest BCUT2D eigenvalue weighted by molar-refractivity contribution is 1.18. The summed E-state index contributed by atoms with van der Waals surface area (Å²) >= 11 is 0. The average molecular weight is 1270 g/mol. The molecule has 100 heavy (non-hydrogen) atoms. The first-order valence-electron chi connectivity index (χ1n) is 34.4. The Balaban J connectivity index is 0.643. The summed E-state index contributed by atoms with van der Waals surface area (Å²) in [4.78, 5) is 0. The molecule has 0 saturated carbocycles. The number of rotatable bonds is 11. The van der Waals surface area contributed by atoms with Crippen molar-refractivity contribution >= 4 is 87.2 Å². The zero-order chi connectivity index (χ0) is 65.8. The second kappa shape index (κ2) is 23.2. The molecule has 4 heteroatoms. The Morgan fingerprint density at radius 3 is 0.670 bits per heavy atom. The van der Waals surface area contributed by atoms with Crippen LogP contribution in [0.25, 0.3) is 188 Å². The lowest BCUT2D eigenvalue weighted by Gasteiger charge is -2.12. The fourth-order valence-electron chi connectivity index (χ4n) is 15.9. The Morgan fingerprint density at radius 1 is 0.110 bits per heavy atom. The highest BCUT2D eigenvalue weighted by Crippen LogP contribution is 2.44. The van der Waals surface area contributed by atoms with Gasteiger partial charge in [0.05, 0.1) is 44.1 Å². The third-order valence-electron chi connectivity index (χ3n) is 20.8. The van der Waals surface area contributed by atoms with Crippen LogP contribution in [0, 0.1) is 0 Å². The first kappa shape index (κ1) is 57.0. The van der Waals surface area contributed by atoms with E-state index in [0.717, 1.165) is 45.0 Å². The zero-order valence-corrected chi connectivity index (χ0v) is 54.6. The van der Waals surface area contributed by atoms with Gasteiger partial charge in [-0.1, -0.05) is 249 Å². The van der Waals surface area contributed by atoms with E-state index in [1.807, 2.05) is 0 Å². The summed E-state index contributed by atoms with van der Waals surface area (Å²) in [6, 6.07) is 139. The summed E-state index contributed by atoms with van der Waals surface area (Å²) in [6.45, 7) is 0. The van der Waals surface area contributed by atoms with E-state index < -0.39 is 0 Å². The highest BCUT2D eigenvalue weighted by atomic mass is 15.0. The first-order valence-corrected chi connectivity index (χ1v) is 34.4. The van der Waals surface area contributed by atoms with E-state index in [4.69, 9.17) is 0 Å². The van der Waals surface area contributed by atoms with Crippen LogP contribution in [0.3, 0.4) is 0 Å². The number of hydrogen-bond donors (Lipinski definition) is 0. The molecule has 0 unspecified atom stereocenters. The fourth-order valence-corrected chi connectivity index (χ4v) is 15.9. The van der Waals surface area contributed by atoms with E-state index in [0.29, 0.717) is 0 Å². The number of aromatic nitrogens is 4. The van der Waals surface area contributed by atoms with E-state index in [1.54, 1.807) is 0 Å². The molecule has 0 aliphatic rings. The van der Waals surface area contributed by atoms with Gasteiger partial charge in [0.2, 0.25) is 0 Å². The van der Waals surface area contributed by atoms with Crippen molar-refractivity contribution in [3.8, 4) is 101 Å². The topological polar surface area (TPSA) is 19.7 Å². The summed E-state index contributed by atoms with van der Waals surface area (Å²) in [7, 11) is 0. The molecule has 0 radical (unpaired) electrons. The molecule has 0 aliphatic heterocycles. The summed E-state index contributed by atoms with van der Waals surface area (Å²) in [5, 5.41) is 9.83. The molecule has 4 heterocycles. The van der Waals surface area contributed by atoms with Crippen LogP contribution in [-0.4, -0.2) is 18.3 Å². The molecule has 16 aromatic carbocycles. The maximum atomic E-state index is 2.45. The standard InChI is InChI=1S/C96H62N4/c1-5-17-63(18-6-1)67-33-45-78(46-34-67)98-90-28-16-14-26-82(90)85-58-72(42-54-92(85)98)74-43-55-93-86(60-74)83-51-39-76(62-96(83)100(93)80-49-35-68(36-50-80)64-19-7-2-8-20-64)70-31-29-66(30-32-70)69-37-47-79(48-38-69)99-94-52-40-71(65-21-9-3-10-22-65)57-87(94)88-61-75(44-56-95(88)99)73-41-53-91-84(59-73)81-25-13-15-27-89(81)97(91)77-23-11-4-12-24-77/h1-62H. The molecule has 466 valence electrons. The van der Waals surface area contributed by atoms with Gasteiger partial charge in [0.25, 0.3) is 0 Å². The van der Waals surface area contributed by atoms with Gasteiger partial charge in [-0.2, -0.15) is 0 Å². The molecule has 0 amide bonds. The normalized spacial score (nSPS) is 11.8. The van der Waals surface area contributed by atoms with Crippen LogP contribution in [0.15, 0.2) is 376 Å². The minimum Gasteiger partial charge on any atom is -0.309 e. The highest BCUT2D eigenvalue weighted by molar-refractivity contribution is 6.16. The smallest absolute Gasteiger partial charge is 0.0547 e. The van der Waals surface area contributed by atoms with Crippen LogP contribution in [-0.2, 0) is 0 Å². The van der Waals surface area contributed by atoms with E-state index in [9.17, 15) is 0 Å². The van der Waals surface area contributed by atoms with Crippen LogP contribution in [0.2, 0.25) is 0 Å². The Kier molecular flexibility index (Phi) is 13.2. The van der Waals surface area contributed by atoms with Crippen molar-refractivity contribution in [3.05, 3.63) is 376 Å². The van der Waals surface area contributed by atoms with Crippen molar-refractivity contribution in [1.29, 1.82) is 0 Å². The molecule has 0 spiro atoms. The molecule has 0 atom stereocenters. The fraction of sp³-hybridized carbons (Fsp3) is 0. The molecule has 0 bridgehead atoms. The molecule has 4 aromatic heterocycles. The SMILES string of the molecule is c1ccc(-c2ccc(-n3c4ccccc4c4cc(-c5ccc6c(c5)c5ccc(-c7ccc(-c8ccc(-n9c%10ccc(-c%11ccccc%11)cc%10c%10cc(-c%11ccc%12c(c%11)c%11ccccc%11n%12-c%11ccccc%11)ccc%109)cc8)cc7)cc5n6-c5ccc(-c6ccccc6)cc5)ccc43)cc2)cc1. The van der Waals surface area contributed by atoms with Crippen LogP contribution in [0.1, 0.15) is 0 Å². The van der Waals surface area contributed by atoms with Crippen LogP contribution >= 0.6 is 0 Å². The summed E-state index contributed by atoms with van der Waals surface area (Å²) in [6.07, 6.45) is 0. The number of fused-ring (bicyclic) bond motifs is 12. The van der Waals surface area contributed by atoms with Crippen molar-refractivity contribution < 1.29 is 0 Å². The number of nitrogens with zero attached hydrogens (tertiary/aromatic N) is 4. The van der Waals surface area contributed by atoms with Crippen LogP contribution < -0.4 is 0 Å². The average Bonchev–Trinajstić information content (AvgIpc) is 1.63. The molecule has 0 N–H and O–H groups in total. The molecule has 4 nitrogen and oxygen atoms in total. The molecular formula is C96H62N4. The van der Waals surface area contributed by atoms with E-state index in [2.05, 4.69) is 394 Å². The number of para-hydroxylation sites is 3. The van der Waals surface area contributed by atoms with Crippen molar-refractivity contribution in [1.82, 2.24) is 18.3 Å². The monoisotopic (exact) mass is 1270 g/mol. The molecule has 0 fully saturated rings. The maximum Gasteiger partial charge on any atom is 0.0547 e. The predicted octanol–water partition coefficient (Wildman–Crippen LogP) is 25.7. The summed E-state index contributed by atoms with van der Waals surface area (Å²) in [5.41, 5.74) is 30.6. The van der Waals surface area contributed by atoms with Crippen molar-refractivity contribution in [3.63, 3.8) is 0 Å². The molecule has 20 rings (SSSR count). The molecule has 0 aliphatic carbocycles. The lowest BCUT2D eigenvalue weighted by atomic mass is 9.98. The molecule has 0 saturated heterocycles. The van der Waals surface area contributed by atoms with Crippen molar-refractivity contribution in [2.45, 2.75) is 0 Å². The zero-order valence-electron chi connectivity index (χ0n) is 54.6. The van der Waals surface area contributed by atoms with Gasteiger partial charge < -0.3 is 18.3 Å². The van der Waals surface area contributed by atoms with E-state index in [1.165, 1.54) is 143 Å². The van der Waals surface area contributed by atoms with Gasteiger partial charge in [-0.05, 0) is 205 Å². The molecular weight excluding hydrogens is 1210 g/mol.